The molecule has 1 N–H and O–H groups in total. The monoisotopic (exact) mass is 592 g/mol. The molecule has 2 aromatic carbocycles. The van der Waals surface area contributed by atoms with Gasteiger partial charge in [0.25, 0.3) is 5.91 Å². The average molecular weight is 593 g/mol. The van der Waals surface area contributed by atoms with E-state index in [4.69, 9.17) is 23.5 Å². The molecular formula is C32H40N4O7. The van der Waals surface area contributed by atoms with E-state index in [0.717, 1.165) is 17.5 Å². The van der Waals surface area contributed by atoms with Crippen molar-refractivity contribution in [2.75, 3.05) is 47.0 Å². The molecule has 1 saturated heterocycles. The van der Waals surface area contributed by atoms with Crippen LogP contribution in [-0.2, 0) is 27.4 Å². The van der Waals surface area contributed by atoms with Crippen molar-refractivity contribution < 1.29 is 33.1 Å². The number of amides is 2. The number of hydrogen-bond donors (Lipinski definition) is 1. The van der Waals surface area contributed by atoms with E-state index >= 15 is 0 Å². The predicted molar refractivity (Wildman–Crippen MR) is 158 cm³/mol. The van der Waals surface area contributed by atoms with Crippen LogP contribution in [0.5, 0.6) is 17.2 Å². The summed E-state index contributed by atoms with van der Waals surface area (Å²) in [5.41, 5.74) is 2.94. The summed E-state index contributed by atoms with van der Waals surface area (Å²) < 4.78 is 28.8. The zero-order valence-electron chi connectivity index (χ0n) is 25.3. The highest BCUT2D eigenvalue weighted by molar-refractivity contribution is 5.96. The maximum absolute atomic E-state index is 13.5. The Hall–Kier alpha value is -3.93. The quantitative estimate of drug-likeness (QED) is 0.426. The Kier molecular flexibility index (Phi) is 9.96. The first kappa shape index (κ1) is 30.5. The van der Waals surface area contributed by atoms with Crippen LogP contribution < -0.4 is 14.8 Å². The third-order valence-corrected chi connectivity index (χ3v) is 7.84. The predicted octanol–water partition coefficient (Wildman–Crippen LogP) is 3.86. The molecule has 0 radical (unpaired) electrons. The normalized spacial score (nSPS) is 19.7. The average Bonchev–Trinajstić information content (AvgIpc) is 3.33. The van der Waals surface area contributed by atoms with E-state index in [0.29, 0.717) is 80.1 Å². The lowest BCUT2D eigenvalue weighted by atomic mass is 10.00. The van der Waals surface area contributed by atoms with Gasteiger partial charge in [0.15, 0.2) is 11.5 Å². The van der Waals surface area contributed by atoms with E-state index in [-0.39, 0.29) is 24.5 Å². The van der Waals surface area contributed by atoms with Crippen molar-refractivity contribution in [2.45, 2.75) is 52.0 Å². The summed E-state index contributed by atoms with van der Waals surface area (Å²) in [6.07, 6.45) is 1.05. The van der Waals surface area contributed by atoms with Crippen LogP contribution in [0.2, 0.25) is 0 Å². The molecule has 0 aliphatic carbocycles. The number of nitrogens with one attached hydrogen (secondary N) is 1. The van der Waals surface area contributed by atoms with Crippen LogP contribution in [0.4, 0.5) is 0 Å². The third-order valence-electron chi connectivity index (χ3n) is 7.84. The summed E-state index contributed by atoms with van der Waals surface area (Å²) in [5, 5.41) is 7.15. The first-order chi connectivity index (χ1) is 20.8. The minimum atomic E-state index is -0.397. The van der Waals surface area contributed by atoms with Crippen molar-refractivity contribution in [3.05, 3.63) is 70.6 Å². The van der Waals surface area contributed by atoms with E-state index in [1.54, 1.807) is 33.0 Å². The number of aromatic nitrogens is 1. The van der Waals surface area contributed by atoms with Gasteiger partial charge in [0.2, 0.25) is 5.91 Å². The number of carbonyl (C=O) groups is 2. The second-order valence-corrected chi connectivity index (χ2v) is 11.1. The molecule has 230 valence electrons. The molecule has 43 heavy (non-hydrogen) atoms. The van der Waals surface area contributed by atoms with Crippen LogP contribution in [-0.4, -0.2) is 85.9 Å². The van der Waals surface area contributed by atoms with Crippen LogP contribution >= 0.6 is 0 Å². The number of methoxy groups -OCH3 is 2. The molecular weight excluding hydrogens is 552 g/mol. The summed E-state index contributed by atoms with van der Waals surface area (Å²) in [4.78, 5) is 30.8. The molecule has 2 atom stereocenters. The number of fused-ring (bicyclic) bond motifs is 5. The standard InChI is InChI=1S/C32H40N4O7/c1-21-31(22(2)43-34-21)32(38)36-13-11-27-26(18-36)33-30(37)19-35(12-6-14-39-3)17-23-9-10-28(40-4)29(16-23)42-25-8-5-7-24(15-25)20-41-27/h5,7-10,15-16,26-27H,6,11-14,17-20H2,1-4H3,(H,33,37)/t26-,27+/m0/s1. The minimum Gasteiger partial charge on any atom is -0.493 e. The highest BCUT2D eigenvalue weighted by Gasteiger charge is 2.35. The zero-order valence-corrected chi connectivity index (χ0v) is 25.3. The number of nitrogens with zero attached hydrogens (tertiary/aromatic N) is 3. The lowest BCUT2D eigenvalue weighted by molar-refractivity contribution is -0.125. The highest BCUT2D eigenvalue weighted by Crippen LogP contribution is 2.33. The lowest BCUT2D eigenvalue weighted by Crippen LogP contribution is -2.58. The van der Waals surface area contributed by atoms with Gasteiger partial charge in [-0.2, -0.15) is 0 Å². The fourth-order valence-electron chi connectivity index (χ4n) is 5.69. The Morgan fingerprint density at radius 3 is 2.74 bits per heavy atom. The zero-order chi connectivity index (χ0) is 30.3. The number of piperidine rings is 1. The number of aryl methyl sites for hydroxylation is 2. The van der Waals surface area contributed by atoms with Gasteiger partial charge in [0.1, 0.15) is 17.1 Å². The molecule has 11 nitrogen and oxygen atoms in total. The van der Waals surface area contributed by atoms with Crippen molar-refractivity contribution in [3.8, 4) is 17.2 Å². The summed E-state index contributed by atoms with van der Waals surface area (Å²) >= 11 is 0. The topological polar surface area (TPSA) is 116 Å². The summed E-state index contributed by atoms with van der Waals surface area (Å²) in [5.74, 6) is 2.08. The maximum atomic E-state index is 13.5. The Morgan fingerprint density at radius 2 is 1.98 bits per heavy atom. The fourth-order valence-corrected chi connectivity index (χ4v) is 5.69. The molecule has 0 saturated carbocycles. The van der Waals surface area contributed by atoms with Crippen LogP contribution in [0.1, 0.15) is 45.8 Å². The highest BCUT2D eigenvalue weighted by atomic mass is 16.5. The fraction of sp³-hybridized carbons (Fsp3) is 0.469. The molecule has 3 heterocycles. The Labute approximate surface area is 252 Å². The Balaban J connectivity index is 1.42. The molecule has 2 aliphatic heterocycles. The van der Waals surface area contributed by atoms with Gasteiger partial charge in [-0.05, 0) is 62.1 Å². The van der Waals surface area contributed by atoms with Crippen molar-refractivity contribution in [2.24, 2.45) is 0 Å². The van der Waals surface area contributed by atoms with Gasteiger partial charge in [-0.3, -0.25) is 14.5 Å². The number of rotatable bonds is 6. The van der Waals surface area contributed by atoms with E-state index in [1.807, 2.05) is 42.5 Å². The lowest BCUT2D eigenvalue weighted by Gasteiger charge is -2.39. The molecule has 3 aromatic rings. The van der Waals surface area contributed by atoms with Crippen molar-refractivity contribution in [1.82, 2.24) is 20.3 Å². The van der Waals surface area contributed by atoms with E-state index in [2.05, 4.69) is 15.4 Å². The minimum absolute atomic E-state index is 0.137. The second kappa shape index (κ2) is 14.0. The number of carbonyl (C=O) groups excluding carboxylic acids is 2. The van der Waals surface area contributed by atoms with Gasteiger partial charge in [-0.15, -0.1) is 0 Å². The van der Waals surface area contributed by atoms with Crippen LogP contribution in [0.25, 0.3) is 0 Å². The van der Waals surface area contributed by atoms with Crippen molar-refractivity contribution in [1.29, 1.82) is 0 Å². The smallest absolute Gasteiger partial charge is 0.259 e. The molecule has 0 unspecified atom stereocenters. The van der Waals surface area contributed by atoms with Crippen molar-refractivity contribution in [3.63, 3.8) is 0 Å². The summed E-state index contributed by atoms with van der Waals surface area (Å²) in [6, 6.07) is 13.2. The molecule has 2 aliphatic rings. The van der Waals surface area contributed by atoms with Crippen LogP contribution in [0.15, 0.2) is 47.0 Å². The number of likely N-dealkylation sites (tertiary alicyclic amines) is 1. The summed E-state index contributed by atoms with van der Waals surface area (Å²) in [6.45, 7) is 6.57. The molecule has 11 heteroatoms. The van der Waals surface area contributed by atoms with E-state index < -0.39 is 6.04 Å². The van der Waals surface area contributed by atoms with Crippen LogP contribution in [0.3, 0.4) is 0 Å². The van der Waals surface area contributed by atoms with Gasteiger partial charge in [-0.25, -0.2) is 0 Å². The molecule has 2 amide bonds. The van der Waals surface area contributed by atoms with Gasteiger partial charge in [-0.1, -0.05) is 23.4 Å². The van der Waals surface area contributed by atoms with Gasteiger partial charge >= 0.3 is 0 Å². The SMILES string of the molecule is COCCCN1CC(=O)N[C@H]2CN(C(=O)c3c(C)noc3C)CC[C@H]2OCc2cccc(c2)Oc2cc(ccc2OC)C1. The Morgan fingerprint density at radius 1 is 1.12 bits per heavy atom. The van der Waals surface area contributed by atoms with Gasteiger partial charge < -0.3 is 33.7 Å². The van der Waals surface area contributed by atoms with E-state index in [1.165, 1.54) is 0 Å². The molecule has 1 fully saturated rings. The van der Waals surface area contributed by atoms with Gasteiger partial charge in [0.05, 0.1) is 38.1 Å². The maximum Gasteiger partial charge on any atom is 0.259 e. The Bertz CT molecular complexity index is 1400. The van der Waals surface area contributed by atoms with E-state index in [9.17, 15) is 9.59 Å². The molecule has 1 aromatic heterocycles. The third kappa shape index (κ3) is 7.54. The molecule has 4 bridgehead atoms. The number of ether oxygens (including phenoxy) is 4. The van der Waals surface area contributed by atoms with Gasteiger partial charge in [0, 0.05) is 39.9 Å². The molecule has 0 spiro atoms. The first-order valence-corrected chi connectivity index (χ1v) is 14.6. The summed E-state index contributed by atoms with van der Waals surface area (Å²) in [7, 11) is 3.28. The largest absolute Gasteiger partial charge is 0.493 e. The molecule has 5 rings (SSSR count). The van der Waals surface area contributed by atoms with Crippen LogP contribution in [0, 0.1) is 13.8 Å². The second-order valence-electron chi connectivity index (χ2n) is 11.1. The number of benzene rings is 2. The first-order valence-electron chi connectivity index (χ1n) is 14.6. The van der Waals surface area contributed by atoms with Crippen molar-refractivity contribution >= 4 is 11.8 Å². The number of hydrogen-bond acceptors (Lipinski definition) is 9.